The molecule has 3 amide bonds. The molecule has 2 heterocycles. The van der Waals surface area contributed by atoms with Gasteiger partial charge >= 0.3 is 0 Å². The van der Waals surface area contributed by atoms with Crippen molar-refractivity contribution in [2.45, 2.75) is 141 Å². The summed E-state index contributed by atoms with van der Waals surface area (Å²) in [7, 11) is 0. The van der Waals surface area contributed by atoms with Crippen LogP contribution in [0.15, 0.2) is 72.8 Å². The molecule has 0 spiro atoms. The van der Waals surface area contributed by atoms with E-state index in [9.17, 15) is 19.5 Å². The largest absolute Gasteiger partial charge is 0.392 e. The summed E-state index contributed by atoms with van der Waals surface area (Å²) in [6, 6.07) is 24.3. The van der Waals surface area contributed by atoms with Gasteiger partial charge in [0.25, 0.3) is 0 Å². The van der Waals surface area contributed by atoms with Crippen LogP contribution in [0.5, 0.6) is 0 Å². The number of ether oxygens (including phenoxy) is 2. The van der Waals surface area contributed by atoms with Crippen LogP contribution in [0.25, 0.3) is 11.1 Å². The molecule has 0 radical (unpaired) electrons. The van der Waals surface area contributed by atoms with E-state index < -0.39 is 12.2 Å². The Labute approximate surface area is 331 Å². The van der Waals surface area contributed by atoms with Crippen molar-refractivity contribution in [3.8, 4) is 11.1 Å². The molecular weight excluding hydrogens is 709 g/mol. The fraction of sp³-hybridized carbons (Fsp3) is 0.533. The van der Waals surface area contributed by atoms with E-state index in [0.29, 0.717) is 50.7 Å². The van der Waals surface area contributed by atoms with Crippen LogP contribution in [0.1, 0.15) is 126 Å². The van der Waals surface area contributed by atoms with Gasteiger partial charge in [0.1, 0.15) is 0 Å². The number of likely N-dealkylation sites (tertiary alicyclic amines) is 1. The first-order valence-electron chi connectivity index (χ1n) is 20.5. The molecule has 11 nitrogen and oxygen atoms in total. The highest BCUT2D eigenvalue weighted by Gasteiger charge is 2.44. The van der Waals surface area contributed by atoms with Crippen molar-refractivity contribution in [3.05, 3.63) is 95.1 Å². The van der Waals surface area contributed by atoms with Gasteiger partial charge in [-0.3, -0.25) is 24.5 Å². The first-order chi connectivity index (χ1) is 27.0. The summed E-state index contributed by atoms with van der Waals surface area (Å²) in [5.41, 5.74) is 7.06. The lowest BCUT2D eigenvalue weighted by Crippen LogP contribution is -2.61. The van der Waals surface area contributed by atoms with Crippen molar-refractivity contribution in [1.29, 1.82) is 0 Å². The molecule has 2 saturated heterocycles. The Morgan fingerprint density at radius 3 is 2.23 bits per heavy atom. The Kier molecular flexibility index (Phi) is 14.3. The molecule has 0 unspecified atom stereocenters. The molecule has 6 atom stereocenters. The number of benzene rings is 3. The lowest BCUT2D eigenvalue weighted by molar-refractivity contribution is -0.255. The van der Waals surface area contributed by atoms with Gasteiger partial charge in [-0.05, 0) is 93.0 Å². The van der Waals surface area contributed by atoms with Gasteiger partial charge in [-0.2, -0.15) is 0 Å². The summed E-state index contributed by atoms with van der Waals surface area (Å²) in [6.07, 6.45) is 7.80. The lowest BCUT2D eigenvalue weighted by Gasteiger charge is -2.50. The first-order valence-corrected chi connectivity index (χ1v) is 20.5. The number of aliphatic hydroxyl groups excluding tert-OH is 1. The van der Waals surface area contributed by atoms with Crippen LogP contribution in [-0.4, -0.2) is 63.2 Å². The third-order valence-corrected chi connectivity index (χ3v) is 11.5. The first kappa shape index (κ1) is 41.5. The molecule has 3 fully saturated rings. The molecule has 1 aliphatic carbocycles. The molecule has 5 N–H and O–H groups in total. The van der Waals surface area contributed by atoms with Crippen molar-refractivity contribution < 1.29 is 34.2 Å². The summed E-state index contributed by atoms with van der Waals surface area (Å²) in [5.74, 6) is 0.147. The highest BCUT2D eigenvalue weighted by molar-refractivity contribution is 5.82. The van der Waals surface area contributed by atoms with Gasteiger partial charge in [0.05, 0.1) is 24.9 Å². The number of carbonyl (C=O) groups is 3. The maximum absolute atomic E-state index is 13.8. The van der Waals surface area contributed by atoms with Gasteiger partial charge in [-0.15, -0.1) is 0 Å². The number of fused-ring (bicyclic) bond motifs is 1. The Morgan fingerprint density at radius 1 is 0.821 bits per heavy atom. The second-order valence-corrected chi connectivity index (χ2v) is 16.8. The minimum absolute atomic E-state index is 0.0229. The standard InChI is InChI=1S/C45H60N4O7/c1-45(2,3)47-43(53)39-25-24-32-10-5-7-13-38(32)49(39)28-36-26-40(33-18-16-30(29-50)17-19-33)56-44(55-36)34-22-20-31(21-23-34)37-12-6-4-11-35(37)27-46-41(51)14-8-9-15-42(52)48-54/h4,6,11-12,16-23,32,36,38-40,44,50,54H,5,7-10,13-15,24-29H2,1-3H3,(H,46,51)(H,47,53)(H,48,52)/t32-,36+,38-,39-,40-,44-/m1/s1. The molecular formula is C45H60N4O7. The third-order valence-electron chi connectivity index (χ3n) is 11.5. The summed E-state index contributed by atoms with van der Waals surface area (Å²) in [6.45, 7) is 7.11. The number of nitrogens with one attached hydrogen (secondary N) is 3. The van der Waals surface area contributed by atoms with Crippen LogP contribution in [0.3, 0.4) is 0 Å². The number of unbranched alkanes of at least 4 members (excludes halogenated alkanes) is 1. The number of nitrogens with zero attached hydrogens (tertiary/aromatic N) is 1. The smallest absolute Gasteiger partial charge is 0.243 e. The van der Waals surface area contributed by atoms with E-state index in [2.05, 4.69) is 27.7 Å². The predicted octanol–water partition coefficient (Wildman–Crippen LogP) is 7.01. The number of carbonyl (C=O) groups excluding carboxylic acids is 3. The number of hydrogen-bond donors (Lipinski definition) is 5. The maximum atomic E-state index is 13.8. The summed E-state index contributed by atoms with van der Waals surface area (Å²) in [4.78, 5) is 40.1. The zero-order chi connectivity index (χ0) is 39.7. The molecule has 3 aromatic rings. The van der Waals surface area contributed by atoms with E-state index in [0.717, 1.165) is 52.6 Å². The van der Waals surface area contributed by atoms with E-state index in [1.165, 1.54) is 19.3 Å². The number of amides is 3. The number of hydrogen-bond acceptors (Lipinski definition) is 8. The number of rotatable bonds is 14. The van der Waals surface area contributed by atoms with Gasteiger partial charge in [0.15, 0.2) is 6.29 Å². The summed E-state index contributed by atoms with van der Waals surface area (Å²) < 4.78 is 13.6. The minimum Gasteiger partial charge on any atom is -0.392 e. The highest BCUT2D eigenvalue weighted by Crippen LogP contribution is 2.42. The molecule has 3 aliphatic rings. The van der Waals surface area contributed by atoms with Crippen molar-refractivity contribution in [2.24, 2.45) is 5.92 Å². The molecule has 1 saturated carbocycles. The van der Waals surface area contributed by atoms with E-state index in [4.69, 9.17) is 14.7 Å². The Bertz CT molecular complexity index is 1760. The van der Waals surface area contributed by atoms with Crippen molar-refractivity contribution in [2.75, 3.05) is 6.54 Å². The lowest BCUT2D eigenvalue weighted by atomic mass is 9.75. The van der Waals surface area contributed by atoms with Crippen LogP contribution in [-0.2, 0) is 37.0 Å². The van der Waals surface area contributed by atoms with E-state index in [-0.39, 0.29) is 48.6 Å². The van der Waals surface area contributed by atoms with Crippen molar-refractivity contribution >= 4 is 17.7 Å². The number of piperidine rings is 1. The number of hydroxylamine groups is 1. The average molecular weight is 769 g/mol. The van der Waals surface area contributed by atoms with E-state index >= 15 is 0 Å². The minimum atomic E-state index is -0.628. The molecule has 302 valence electrons. The normalized spacial score (nSPS) is 24.2. The molecule has 11 heteroatoms. The summed E-state index contributed by atoms with van der Waals surface area (Å²) in [5, 5.41) is 24.6. The predicted molar refractivity (Wildman–Crippen MR) is 214 cm³/mol. The van der Waals surface area contributed by atoms with Crippen molar-refractivity contribution in [1.82, 2.24) is 21.0 Å². The molecule has 0 bridgehead atoms. The molecule has 6 rings (SSSR count). The summed E-state index contributed by atoms with van der Waals surface area (Å²) >= 11 is 0. The highest BCUT2D eigenvalue weighted by atomic mass is 16.7. The second kappa shape index (κ2) is 19.3. The quantitative estimate of drug-likeness (QED) is 0.0669. The average Bonchev–Trinajstić information content (AvgIpc) is 3.21. The van der Waals surface area contributed by atoms with Crippen LogP contribution in [0, 0.1) is 5.92 Å². The Morgan fingerprint density at radius 2 is 1.52 bits per heavy atom. The fourth-order valence-corrected chi connectivity index (χ4v) is 8.68. The van der Waals surface area contributed by atoms with Gasteiger partial charge in [0, 0.05) is 49.5 Å². The molecule has 2 aliphatic heterocycles. The van der Waals surface area contributed by atoms with Gasteiger partial charge in [-0.1, -0.05) is 85.6 Å². The van der Waals surface area contributed by atoms with Gasteiger partial charge in [-0.25, -0.2) is 5.48 Å². The van der Waals surface area contributed by atoms with Gasteiger partial charge in [0.2, 0.25) is 17.7 Å². The van der Waals surface area contributed by atoms with Crippen LogP contribution < -0.4 is 16.1 Å². The van der Waals surface area contributed by atoms with Crippen LogP contribution >= 0.6 is 0 Å². The van der Waals surface area contributed by atoms with E-state index in [1.54, 1.807) is 5.48 Å². The Hall–Kier alpha value is -4.13. The molecule has 56 heavy (non-hydrogen) atoms. The molecule has 0 aromatic heterocycles. The zero-order valence-electron chi connectivity index (χ0n) is 33.2. The molecule has 3 aromatic carbocycles. The maximum Gasteiger partial charge on any atom is 0.243 e. The van der Waals surface area contributed by atoms with Crippen LogP contribution in [0.2, 0.25) is 0 Å². The topological polar surface area (TPSA) is 149 Å². The van der Waals surface area contributed by atoms with E-state index in [1.807, 2.05) is 81.4 Å². The van der Waals surface area contributed by atoms with Crippen molar-refractivity contribution in [3.63, 3.8) is 0 Å². The van der Waals surface area contributed by atoms with Gasteiger partial charge < -0.3 is 25.2 Å². The number of aliphatic hydroxyl groups is 1. The Balaban J connectivity index is 1.19. The monoisotopic (exact) mass is 768 g/mol. The SMILES string of the molecule is CC(C)(C)NC(=O)[C@H]1CC[C@H]2CCCC[C@H]2N1C[C@@H]1C[C@H](c2ccc(CO)cc2)O[C@H](c2ccc(-c3ccccc3CNC(=O)CCCCC(=O)NO)cc2)O1. The second-order valence-electron chi connectivity index (χ2n) is 16.8. The fourth-order valence-electron chi connectivity index (χ4n) is 8.68. The zero-order valence-corrected chi connectivity index (χ0v) is 33.2. The van der Waals surface area contributed by atoms with Crippen LogP contribution in [0.4, 0.5) is 0 Å². The third kappa shape index (κ3) is 11.0.